The Hall–Kier alpha value is -8.15. The van der Waals surface area contributed by atoms with E-state index >= 15 is 0 Å². The molecule has 87 heavy (non-hydrogen) atoms. The molecule has 0 radical (unpaired) electrons. The van der Waals surface area contributed by atoms with E-state index in [4.69, 9.17) is 15.1 Å². The molecule has 10 rings (SSSR count). The van der Waals surface area contributed by atoms with E-state index in [1.807, 2.05) is 180 Å². The fourth-order valence-electron chi connectivity index (χ4n) is 10.7. The van der Waals surface area contributed by atoms with Crippen LogP contribution in [0.15, 0.2) is 195 Å². The van der Waals surface area contributed by atoms with Crippen molar-refractivity contribution in [1.82, 2.24) is 0 Å². The Morgan fingerprint density at radius 3 is 1.08 bits per heavy atom. The molecule has 0 fully saturated rings. The van der Waals surface area contributed by atoms with Crippen LogP contribution in [-0.4, -0.2) is 0 Å². The quantitative estimate of drug-likeness (QED) is 0.109. The fourth-order valence-corrected chi connectivity index (χ4v) is 10.7. The molecule has 452 valence electrons. The molecule has 10 aromatic rings. The predicted octanol–water partition coefficient (Wildman–Crippen LogP) is 17.4. The maximum Gasteiger partial charge on any atom is 0.212 e. The van der Waals surface area contributed by atoms with Gasteiger partial charge >= 0.3 is 0 Å². The lowest BCUT2D eigenvalue weighted by molar-refractivity contribution is -0.661. The summed E-state index contributed by atoms with van der Waals surface area (Å²) in [5, 5.41) is 0. The second-order valence-electron chi connectivity index (χ2n) is 23.3. The lowest BCUT2D eigenvalue weighted by atomic mass is 9.99. The standard InChI is InChI=1S/2C17H22N.3C16H20N/c1-13(2)11-15-9-10-18(4)17(12-15)16-8-6-5-7-14(16)3;1-13(2)11-15-9-10-17(18(4)12-15)16-8-6-5-7-14(16)3;1-5-14-10-16(17(4)11-13(14)3)15-9-7-6-8-12(15)2;2*1-5-14-11-17(4)16(10-13(14)3)15-9-7-6-8-12(15)2/h2*5-10,12-13H,11H2,1-4H3;3*6-11H,5H2,1-4H3/q5*+1/i2*11D2;3D3,5D2;5D2;. The Morgan fingerprint density at radius 1 is 0.333 bits per heavy atom. The minimum atomic E-state index is -2.35. The Bertz CT molecular complexity index is 4390. The number of nitrogens with zero attached hydrogens (tertiary/aromatic N) is 5. The molecule has 5 aromatic carbocycles. The summed E-state index contributed by atoms with van der Waals surface area (Å²) in [5.41, 5.74) is 23.5. The molecule has 0 N–H and O–H groups in total. The molecule has 0 aliphatic heterocycles. The summed E-state index contributed by atoms with van der Waals surface area (Å²) in [6.45, 7) is 25.1. The van der Waals surface area contributed by atoms with Gasteiger partial charge in [-0.3, -0.25) is 0 Å². The van der Waals surface area contributed by atoms with E-state index in [2.05, 4.69) is 132 Å². The Morgan fingerprint density at radius 2 is 0.690 bits per heavy atom. The first-order valence-electron chi connectivity index (χ1n) is 36.0. The van der Waals surface area contributed by atoms with Crippen molar-refractivity contribution >= 4 is 0 Å². The van der Waals surface area contributed by atoms with Gasteiger partial charge in [0.05, 0.1) is 0 Å². The third-order valence-electron chi connectivity index (χ3n) is 15.6. The first kappa shape index (κ1) is 53.1. The highest BCUT2D eigenvalue weighted by molar-refractivity contribution is 5.65. The van der Waals surface area contributed by atoms with E-state index in [0.29, 0.717) is 0 Å². The van der Waals surface area contributed by atoms with Gasteiger partial charge in [-0.05, 0) is 186 Å². The highest BCUT2D eigenvalue weighted by Gasteiger charge is 2.19. The monoisotopic (exact) mass is 1170 g/mol. The summed E-state index contributed by atoms with van der Waals surface area (Å²) in [6.07, 6.45) is 4.95. The largest absolute Gasteiger partial charge is 0.212 e. The van der Waals surface area contributed by atoms with Gasteiger partial charge in [0.2, 0.25) is 28.5 Å². The molecule has 0 aliphatic carbocycles. The third-order valence-corrected chi connectivity index (χ3v) is 15.6. The van der Waals surface area contributed by atoms with Gasteiger partial charge in [0.25, 0.3) is 0 Å². The summed E-state index contributed by atoms with van der Waals surface area (Å²) in [7, 11) is 9.85. The van der Waals surface area contributed by atoms with Crippen LogP contribution >= 0.6 is 0 Å². The molecule has 0 atom stereocenters. The molecule has 0 bridgehead atoms. The molecule has 0 spiro atoms. The number of hydrogen-bond acceptors (Lipinski definition) is 0. The average molecular weight is 1170 g/mol. The highest BCUT2D eigenvalue weighted by Crippen LogP contribution is 2.26. The number of rotatable bonds is 12. The van der Waals surface area contributed by atoms with Gasteiger partial charge in [-0.25, -0.2) is 22.8 Å². The maximum atomic E-state index is 8.26. The van der Waals surface area contributed by atoms with Gasteiger partial charge in [-0.2, -0.15) is 0 Å². The predicted molar refractivity (Wildman–Crippen MR) is 368 cm³/mol. The molecule has 5 heteroatoms. The second kappa shape index (κ2) is 32.5. The first-order chi connectivity index (χ1) is 45.6. The Kier molecular flexibility index (Phi) is 19.9. The fraction of sp³-hybridized carbons (Fsp3) is 0.329. The zero-order chi connectivity index (χ0) is 73.2. The molecule has 5 nitrogen and oxygen atoms in total. The number of aromatic nitrogens is 5. The third kappa shape index (κ3) is 18.7. The molecule has 0 aliphatic rings. The van der Waals surface area contributed by atoms with Crippen LogP contribution in [-0.2, 0) is 67.2 Å². The van der Waals surface area contributed by atoms with Gasteiger partial charge in [0.1, 0.15) is 35.2 Å². The minimum absolute atomic E-state index is 0.0492. The van der Waals surface area contributed by atoms with Gasteiger partial charge in [-0.15, -0.1) is 0 Å². The number of benzene rings is 5. The lowest BCUT2D eigenvalue weighted by Gasteiger charge is -2.08. The zero-order valence-corrected chi connectivity index (χ0v) is 55.6. The molecular formula is C82H104N5+5. The van der Waals surface area contributed by atoms with Crippen molar-refractivity contribution in [3.05, 3.63) is 267 Å². The van der Waals surface area contributed by atoms with Gasteiger partial charge in [-0.1, -0.05) is 139 Å². The molecule has 0 saturated heterocycles. The van der Waals surface area contributed by atoms with Crippen molar-refractivity contribution in [2.75, 3.05) is 0 Å². The van der Waals surface area contributed by atoms with Crippen molar-refractivity contribution in [3.63, 3.8) is 0 Å². The Labute approximate surface area is 541 Å². The van der Waals surface area contributed by atoms with Crippen LogP contribution in [0.1, 0.15) is 136 Å². The van der Waals surface area contributed by atoms with Crippen LogP contribution in [0.4, 0.5) is 0 Å². The Balaban J connectivity index is 0.000000194. The number of pyridine rings is 5. The van der Waals surface area contributed by atoms with Crippen LogP contribution in [0.5, 0.6) is 0 Å². The average Bonchev–Trinajstić information content (AvgIpc) is 0.785. The van der Waals surface area contributed by atoms with Gasteiger partial charge in [0.15, 0.2) is 31.0 Å². The van der Waals surface area contributed by atoms with Crippen molar-refractivity contribution in [3.8, 4) is 56.3 Å². The number of aryl methyl sites for hydroxylation is 16. The van der Waals surface area contributed by atoms with Crippen LogP contribution in [0, 0.1) is 67.2 Å². The first-order valence-corrected chi connectivity index (χ1v) is 30.5. The van der Waals surface area contributed by atoms with E-state index in [9.17, 15) is 0 Å². The topological polar surface area (TPSA) is 19.4 Å². The minimum Gasteiger partial charge on any atom is -0.201 e. The number of hydrogen-bond donors (Lipinski definition) is 0. The van der Waals surface area contributed by atoms with Crippen molar-refractivity contribution in [2.45, 2.75) is 136 Å². The summed E-state index contributed by atoms with van der Waals surface area (Å²) in [6, 6.07) is 54.8. The van der Waals surface area contributed by atoms with E-state index < -0.39 is 32.3 Å². The maximum absolute atomic E-state index is 8.26. The smallest absolute Gasteiger partial charge is 0.201 e. The van der Waals surface area contributed by atoms with Crippen LogP contribution < -0.4 is 22.8 Å². The SMILES string of the molecule is CCc1c[n+](C)c(-c2ccccc2C)cc1C.[2H]C([2H])(C)c1c[n+](C)c(-c2ccccc2C)cc1C.[2H]C([2H])([2H])c1c[n+](C)c(-c2ccccc2C)cc1C([2H])([2H])C.[2H]C([2H])(c1cc[n+](C)c(-c2ccccc2C)c1)C(C)C.[2H]C([2H])(c1ccc(-c2ccccc2C)[n+](C)c1)C(C)C. The van der Waals surface area contributed by atoms with Crippen LogP contribution in [0.3, 0.4) is 0 Å². The van der Waals surface area contributed by atoms with Gasteiger partial charge < -0.3 is 0 Å². The van der Waals surface area contributed by atoms with E-state index in [1.54, 1.807) is 24.6 Å². The molecule has 5 heterocycles. The molecule has 0 amide bonds. The summed E-state index contributed by atoms with van der Waals surface area (Å²) in [4.78, 5) is 0. The van der Waals surface area contributed by atoms with E-state index in [0.717, 1.165) is 68.1 Å². The molecule has 0 saturated carbocycles. The molecule has 0 unspecified atom stereocenters. The summed E-state index contributed by atoms with van der Waals surface area (Å²) < 4.78 is 97.7. The van der Waals surface area contributed by atoms with E-state index in [1.165, 1.54) is 68.9 Å². The second-order valence-corrected chi connectivity index (χ2v) is 23.3. The summed E-state index contributed by atoms with van der Waals surface area (Å²) in [5.74, 6) is -0.105. The molecular weight excluding hydrogens is 1050 g/mol. The van der Waals surface area contributed by atoms with Crippen LogP contribution in [0.2, 0.25) is 0 Å². The zero-order valence-electron chi connectivity index (χ0n) is 66.6. The molecule has 5 aromatic heterocycles. The van der Waals surface area contributed by atoms with Crippen molar-refractivity contribution < 1.29 is 37.9 Å². The normalized spacial score (nSPS) is 13.4. The van der Waals surface area contributed by atoms with Gasteiger partial charge in [0, 0.05) is 102 Å². The van der Waals surface area contributed by atoms with Crippen LogP contribution in [0.25, 0.3) is 56.3 Å². The van der Waals surface area contributed by atoms with E-state index in [-0.39, 0.29) is 23.0 Å². The summed E-state index contributed by atoms with van der Waals surface area (Å²) >= 11 is 0. The van der Waals surface area contributed by atoms with Crippen molar-refractivity contribution in [1.29, 1.82) is 0 Å². The highest BCUT2D eigenvalue weighted by atomic mass is 14.9. The van der Waals surface area contributed by atoms with Crippen molar-refractivity contribution in [2.24, 2.45) is 47.1 Å². The lowest BCUT2D eigenvalue weighted by Crippen LogP contribution is -2.32.